The van der Waals surface area contributed by atoms with E-state index < -0.39 is 16.1 Å². The smallest absolute Gasteiger partial charge is 0.211 e. The predicted octanol–water partition coefficient (Wildman–Crippen LogP) is 3.09. The number of piperidine rings is 1. The van der Waals surface area contributed by atoms with Gasteiger partial charge in [-0.05, 0) is 48.9 Å². The third-order valence-corrected chi connectivity index (χ3v) is 5.48. The van der Waals surface area contributed by atoms with Crippen LogP contribution in [0.4, 0.5) is 0 Å². The van der Waals surface area contributed by atoms with Crippen LogP contribution in [0.15, 0.2) is 18.2 Å². The molecule has 0 spiro atoms. The van der Waals surface area contributed by atoms with Crippen LogP contribution in [0.3, 0.4) is 0 Å². The molecule has 2 atom stereocenters. The molecule has 21 heavy (non-hydrogen) atoms. The summed E-state index contributed by atoms with van der Waals surface area (Å²) in [5.41, 5.74) is 0.670. The van der Waals surface area contributed by atoms with Crippen LogP contribution >= 0.6 is 23.2 Å². The minimum atomic E-state index is -3.16. The van der Waals surface area contributed by atoms with E-state index in [2.05, 4.69) is 0 Å². The molecule has 1 aromatic carbocycles. The van der Waals surface area contributed by atoms with Crippen LogP contribution < -0.4 is 0 Å². The fourth-order valence-electron chi connectivity index (χ4n) is 2.74. The van der Waals surface area contributed by atoms with Crippen molar-refractivity contribution in [3.8, 4) is 0 Å². The average Bonchev–Trinajstić information content (AvgIpc) is 2.37. The lowest BCUT2D eigenvalue weighted by molar-refractivity contribution is 0.123. The van der Waals surface area contributed by atoms with E-state index in [1.807, 2.05) is 0 Å². The molecule has 0 radical (unpaired) electrons. The van der Waals surface area contributed by atoms with E-state index in [-0.39, 0.29) is 5.92 Å². The maximum atomic E-state index is 11.6. The molecule has 1 fully saturated rings. The SMILES string of the molecule is CS(=O)(=O)N1CCCC(CC(O)c2cc(Cl)cc(Cl)c2)C1. The molecule has 118 valence electrons. The first kappa shape index (κ1) is 17.0. The monoisotopic (exact) mass is 351 g/mol. The van der Waals surface area contributed by atoms with Gasteiger partial charge in [0.05, 0.1) is 12.4 Å². The highest BCUT2D eigenvalue weighted by molar-refractivity contribution is 7.88. The van der Waals surface area contributed by atoms with E-state index in [4.69, 9.17) is 23.2 Å². The number of benzene rings is 1. The summed E-state index contributed by atoms with van der Waals surface area (Å²) in [5.74, 6) is 0.140. The van der Waals surface area contributed by atoms with Gasteiger partial charge in [-0.25, -0.2) is 12.7 Å². The standard InChI is InChI=1S/C14H19Cl2NO3S/c1-21(19,20)17-4-2-3-10(9-17)5-14(18)11-6-12(15)8-13(16)7-11/h6-8,10,14,18H,2-5,9H2,1H3. The Kier molecular flexibility index (Phi) is 5.54. The lowest BCUT2D eigenvalue weighted by Crippen LogP contribution is -2.39. The minimum Gasteiger partial charge on any atom is -0.388 e. The number of sulfonamides is 1. The summed E-state index contributed by atoms with van der Waals surface area (Å²) in [5, 5.41) is 11.3. The van der Waals surface area contributed by atoms with Gasteiger partial charge in [0.1, 0.15) is 0 Å². The molecule has 1 aromatic rings. The van der Waals surface area contributed by atoms with Crippen molar-refractivity contribution in [3.05, 3.63) is 33.8 Å². The van der Waals surface area contributed by atoms with E-state index >= 15 is 0 Å². The second-order valence-corrected chi connectivity index (χ2v) is 8.44. The van der Waals surface area contributed by atoms with Gasteiger partial charge >= 0.3 is 0 Å². The van der Waals surface area contributed by atoms with Gasteiger partial charge < -0.3 is 5.11 Å². The molecule has 1 heterocycles. The summed E-state index contributed by atoms with van der Waals surface area (Å²) in [7, 11) is -3.16. The molecule has 0 aromatic heterocycles. The Labute approximate surface area is 135 Å². The first-order valence-electron chi connectivity index (χ1n) is 6.85. The molecule has 4 nitrogen and oxygen atoms in total. The molecule has 0 aliphatic carbocycles. The van der Waals surface area contributed by atoms with Crippen molar-refractivity contribution in [3.63, 3.8) is 0 Å². The van der Waals surface area contributed by atoms with Gasteiger partial charge in [0.15, 0.2) is 0 Å². The number of nitrogens with zero attached hydrogens (tertiary/aromatic N) is 1. The summed E-state index contributed by atoms with van der Waals surface area (Å²) in [6.45, 7) is 1.03. The molecule has 2 unspecified atom stereocenters. The fourth-order valence-corrected chi connectivity index (χ4v) is 4.23. The fraction of sp³-hybridized carbons (Fsp3) is 0.571. The van der Waals surface area contributed by atoms with Crippen molar-refractivity contribution in [2.75, 3.05) is 19.3 Å². The Morgan fingerprint density at radius 1 is 1.33 bits per heavy atom. The third-order valence-electron chi connectivity index (χ3n) is 3.78. The lowest BCUT2D eigenvalue weighted by Gasteiger charge is -2.32. The zero-order valence-corrected chi connectivity index (χ0v) is 14.1. The van der Waals surface area contributed by atoms with Crippen LogP contribution in [0.25, 0.3) is 0 Å². The van der Waals surface area contributed by atoms with Crippen molar-refractivity contribution >= 4 is 33.2 Å². The van der Waals surface area contributed by atoms with Gasteiger partial charge in [0.2, 0.25) is 10.0 Å². The molecule has 2 rings (SSSR count). The normalized spacial score (nSPS) is 22.2. The summed E-state index contributed by atoms with van der Waals surface area (Å²) >= 11 is 11.9. The number of hydrogen-bond donors (Lipinski definition) is 1. The Balaban J connectivity index is 2.03. The minimum absolute atomic E-state index is 0.140. The summed E-state index contributed by atoms with van der Waals surface area (Å²) in [6, 6.07) is 5.00. The van der Waals surface area contributed by atoms with Crippen LogP contribution in [-0.4, -0.2) is 37.2 Å². The Morgan fingerprint density at radius 2 is 1.95 bits per heavy atom. The second-order valence-electron chi connectivity index (χ2n) is 5.58. The maximum absolute atomic E-state index is 11.6. The second kappa shape index (κ2) is 6.84. The van der Waals surface area contributed by atoms with Gasteiger partial charge in [-0.15, -0.1) is 0 Å². The molecule has 1 saturated heterocycles. The van der Waals surface area contributed by atoms with E-state index in [1.54, 1.807) is 18.2 Å². The van der Waals surface area contributed by atoms with Gasteiger partial charge in [-0.2, -0.15) is 0 Å². The van der Waals surface area contributed by atoms with Gasteiger partial charge in [-0.1, -0.05) is 23.2 Å². The highest BCUT2D eigenvalue weighted by Gasteiger charge is 2.27. The molecular formula is C14H19Cl2NO3S. The molecule has 7 heteroatoms. The van der Waals surface area contributed by atoms with Gasteiger partial charge in [0.25, 0.3) is 0 Å². The molecular weight excluding hydrogens is 333 g/mol. The van der Waals surface area contributed by atoms with Crippen molar-refractivity contribution in [1.29, 1.82) is 0 Å². The molecule has 1 aliphatic heterocycles. The summed E-state index contributed by atoms with van der Waals surface area (Å²) in [6.07, 6.45) is 2.77. The van der Waals surface area contributed by atoms with Gasteiger partial charge in [-0.3, -0.25) is 0 Å². The van der Waals surface area contributed by atoms with Crippen molar-refractivity contribution in [1.82, 2.24) is 4.31 Å². The molecule has 0 saturated carbocycles. The van der Waals surface area contributed by atoms with E-state index in [9.17, 15) is 13.5 Å². The Morgan fingerprint density at radius 3 is 2.52 bits per heavy atom. The lowest BCUT2D eigenvalue weighted by atomic mass is 9.91. The van der Waals surface area contributed by atoms with Crippen molar-refractivity contribution in [2.24, 2.45) is 5.92 Å². The highest BCUT2D eigenvalue weighted by Crippen LogP contribution is 2.31. The maximum Gasteiger partial charge on any atom is 0.211 e. The van der Waals surface area contributed by atoms with Crippen molar-refractivity contribution in [2.45, 2.75) is 25.4 Å². The van der Waals surface area contributed by atoms with E-state index in [1.165, 1.54) is 10.6 Å². The number of aliphatic hydroxyl groups is 1. The molecule has 1 N–H and O–H groups in total. The Hall–Kier alpha value is -0.330. The van der Waals surface area contributed by atoms with Crippen LogP contribution in [0.2, 0.25) is 10.0 Å². The topological polar surface area (TPSA) is 57.6 Å². The first-order valence-corrected chi connectivity index (χ1v) is 9.45. The van der Waals surface area contributed by atoms with Gasteiger partial charge in [0, 0.05) is 23.1 Å². The zero-order chi connectivity index (χ0) is 15.6. The largest absolute Gasteiger partial charge is 0.388 e. The van der Waals surface area contributed by atoms with Crippen LogP contribution in [0, 0.1) is 5.92 Å². The van der Waals surface area contributed by atoms with Crippen molar-refractivity contribution < 1.29 is 13.5 Å². The number of hydrogen-bond acceptors (Lipinski definition) is 3. The number of aliphatic hydroxyl groups excluding tert-OH is 1. The molecule has 0 amide bonds. The molecule has 1 aliphatic rings. The van der Waals surface area contributed by atoms with E-state index in [0.29, 0.717) is 35.1 Å². The third kappa shape index (κ3) is 4.83. The number of rotatable bonds is 4. The highest BCUT2D eigenvalue weighted by atomic mass is 35.5. The predicted molar refractivity (Wildman–Crippen MR) is 85.2 cm³/mol. The quantitative estimate of drug-likeness (QED) is 0.906. The van der Waals surface area contributed by atoms with Crippen LogP contribution in [-0.2, 0) is 10.0 Å². The van der Waals surface area contributed by atoms with Crippen LogP contribution in [0.5, 0.6) is 0 Å². The first-order chi connectivity index (χ1) is 9.75. The summed E-state index contributed by atoms with van der Waals surface area (Å²) < 4.78 is 24.7. The average molecular weight is 352 g/mol. The van der Waals surface area contributed by atoms with Crippen LogP contribution in [0.1, 0.15) is 30.9 Å². The zero-order valence-electron chi connectivity index (χ0n) is 11.8. The molecule has 0 bridgehead atoms. The summed E-state index contributed by atoms with van der Waals surface area (Å²) in [4.78, 5) is 0. The Bertz CT molecular complexity index is 586. The van der Waals surface area contributed by atoms with E-state index in [0.717, 1.165) is 12.8 Å². The number of halogens is 2.